The van der Waals surface area contributed by atoms with Crippen LogP contribution in [0.15, 0.2) is 28.7 Å². The number of anilines is 1. The number of hydrogen-bond donors (Lipinski definition) is 2. The van der Waals surface area contributed by atoms with Crippen molar-refractivity contribution in [2.24, 2.45) is 5.73 Å². The van der Waals surface area contributed by atoms with E-state index >= 15 is 0 Å². The monoisotopic (exact) mass is 217 g/mol. The number of fused-ring (bicyclic) bond motifs is 1. The summed E-state index contributed by atoms with van der Waals surface area (Å²) in [6, 6.07) is 8.86. The smallest absolute Gasteiger partial charge is 0.295 e. The molecule has 0 aliphatic heterocycles. The van der Waals surface area contributed by atoms with Gasteiger partial charge in [-0.25, -0.2) is 0 Å². The molecule has 2 unspecified atom stereocenters. The number of rotatable bonds is 2. The van der Waals surface area contributed by atoms with E-state index in [2.05, 4.69) is 10.3 Å². The highest BCUT2D eigenvalue weighted by Gasteiger charge is 2.24. The Morgan fingerprint density at radius 2 is 2.19 bits per heavy atom. The Hall–Kier alpha value is -1.55. The van der Waals surface area contributed by atoms with Crippen molar-refractivity contribution in [3.05, 3.63) is 24.3 Å². The molecule has 16 heavy (non-hydrogen) atoms. The van der Waals surface area contributed by atoms with Crippen molar-refractivity contribution in [3.8, 4) is 0 Å². The normalized spacial score (nSPS) is 25.1. The SMILES string of the molecule is NC1CCCC1Nc1nc2ccccc2o1. The molecule has 3 rings (SSSR count). The predicted molar refractivity (Wildman–Crippen MR) is 63.2 cm³/mol. The van der Waals surface area contributed by atoms with Gasteiger partial charge in [-0.05, 0) is 31.4 Å². The van der Waals surface area contributed by atoms with E-state index in [0.717, 1.165) is 23.9 Å². The summed E-state index contributed by atoms with van der Waals surface area (Å²) in [7, 11) is 0. The first-order chi connectivity index (χ1) is 7.83. The van der Waals surface area contributed by atoms with Crippen LogP contribution in [0.3, 0.4) is 0 Å². The van der Waals surface area contributed by atoms with Crippen molar-refractivity contribution in [2.45, 2.75) is 31.3 Å². The van der Waals surface area contributed by atoms with Gasteiger partial charge < -0.3 is 15.5 Å². The third kappa shape index (κ3) is 1.65. The first-order valence-electron chi connectivity index (χ1n) is 5.70. The molecule has 2 aromatic rings. The summed E-state index contributed by atoms with van der Waals surface area (Å²) < 4.78 is 5.60. The number of nitrogens with zero attached hydrogens (tertiary/aromatic N) is 1. The van der Waals surface area contributed by atoms with Gasteiger partial charge in [0.25, 0.3) is 6.01 Å². The average molecular weight is 217 g/mol. The number of aromatic nitrogens is 1. The summed E-state index contributed by atoms with van der Waals surface area (Å²) in [6.45, 7) is 0. The quantitative estimate of drug-likeness (QED) is 0.808. The molecule has 3 N–H and O–H groups in total. The van der Waals surface area contributed by atoms with Gasteiger partial charge in [-0.15, -0.1) is 0 Å². The number of para-hydroxylation sites is 2. The molecule has 1 aliphatic carbocycles. The minimum absolute atomic E-state index is 0.218. The molecule has 1 aromatic heterocycles. The van der Waals surface area contributed by atoms with Crippen molar-refractivity contribution < 1.29 is 4.42 Å². The third-order valence-corrected chi connectivity index (χ3v) is 3.17. The molecule has 0 bridgehead atoms. The molecule has 1 aliphatic rings. The van der Waals surface area contributed by atoms with Gasteiger partial charge >= 0.3 is 0 Å². The van der Waals surface area contributed by atoms with Gasteiger partial charge in [0.05, 0.1) is 0 Å². The molecule has 0 spiro atoms. The number of nitrogens with one attached hydrogen (secondary N) is 1. The Kier molecular flexibility index (Phi) is 2.29. The first-order valence-corrected chi connectivity index (χ1v) is 5.70. The highest BCUT2D eigenvalue weighted by Crippen LogP contribution is 2.23. The number of nitrogens with two attached hydrogens (primary N) is 1. The second kappa shape index (κ2) is 3.79. The highest BCUT2D eigenvalue weighted by atomic mass is 16.4. The Morgan fingerprint density at radius 1 is 1.31 bits per heavy atom. The van der Waals surface area contributed by atoms with Crippen molar-refractivity contribution in [2.75, 3.05) is 5.32 Å². The lowest BCUT2D eigenvalue weighted by Crippen LogP contribution is -2.35. The standard InChI is InChI=1S/C12H15N3O/c13-8-4-3-6-9(8)14-12-15-10-5-1-2-7-11(10)16-12/h1-2,5,7-9H,3-4,6,13H2,(H,14,15). The molecule has 0 radical (unpaired) electrons. The molecule has 1 heterocycles. The molecular weight excluding hydrogens is 202 g/mol. The Morgan fingerprint density at radius 3 is 2.94 bits per heavy atom. The maximum absolute atomic E-state index is 5.99. The minimum atomic E-state index is 0.218. The number of oxazole rings is 1. The van der Waals surface area contributed by atoms with Gasteiger partial charge in [-0.1, -0.05) is 12.1 Å². The van der Waals surface area contributed by atoms with E-state index in [1.807, 2.05) is 24.3 Å². The Bertz CT molecular complexity index is 461. The summed E-state index contributed by atoms with van der Waals surface area (Å²) in [5.74, 6) is 0. The van der Waals surface area contributed by atoms with Gasteiger partial charge in [0.15, 0.2) is 5.58 Å². The van der Waals surface area contributed by atoms with Gasteiger partial charge in [-0.3, -0.25) is 0 Å². The van der Waals surface area contributed by atoms with E-state index in [1.54, 1.807) is 0 Å². The van der Waals surface area contributed by atoms with Crippen molar-refractivity contribution >= 4 is 17.1 Å². The third-order valence-electron chi connectivity index (χ3n) is 3.17. The van der Waals surface area contributed by atoms with Crippen LogP contribution in [-0.2, 0) is 0 Å². The van der Waals surface area contributed by atoms with Crippen LogP contribution in [0.5, 0.6) is 0 Å². The summed E-state index contributed by atoms with van der Waals surface area (Å²) in [4.78, 5) is 4.38. The maximum atomic E-state index is 5.99. The number of hydrogen-bond acceptors (Lipinski definition) is 4. The molecule has 1 fully saturated rings. The molecule has 4 nitrogen and oxygen atoms in total. The summed E-state index contributed by atoms with van der Waals surface area (Å²) in [6.07, 6.45) is 3.36. The second-order valence-electron chi connectivity index (χ2n) is 4.33. The zero-order valence-electron chi connectivity index (χ0n) is 9.02. The van der Waals surface area contributed by atoms with E-state index in [9.17, 15) is 0 Å². The molecule has 1 aromatic carbocycles. The van der Waals surface area contributed by atoms with Crippen molar-refractivity contribution in [1.29, 1.82) is 0 Å². The van der Waals surface area contributed by atoms with Gasteiger partial charge in [0.2, 0.25) is 0 Å². The lowest BCUT2D eigenvalue weighted by Gasteiger charge is -2.14. The molecule has 0 saturated heterocycles. The van der Waals surface area contributed by atoms with Gasteiger partial charge in [-0.2, -0.15) is 4.98 Å². The van der Waals surface area contributed by atoms with Crippen molar-refractivity contribution in [3.63, 3.8) is 0 Å². The van der Waals surface area contributed by atoms with E-state index in [-0.39, 0.29) is 6.04 Å². The van der Waals surface area contributed by atoms with E-state index in [0.29, 0.717) is 12.1 Å². The van der Waals surface area contributed by atoms with Crippen LogP contribution in [-0.4, -0.2) is 17.1 Å². The summed E-state index contributed by atoms with van der Waals surface area (Å²) in [5.41, 5.74) is 7.69. The van der Waals surface area contributed by atoms with Crippen LogP contribution in [0.1, 0.15) is 19.3 Å². The predicted octanol–water partition coefficient (Wildman–Crippen LogP) is 2.12. The molecule has 1 saturated carbocycles. The fraction of sp³-hybridized carbons (Fsp3) is 0.417. The molecule has 84 valence electrons. The summed E-state index contributed by atoms with van der Waals surface area (Å²) >= 11 is 0. The lowest BCUT2D eigenvalue weighted by molar-refractivity contribution is 0.570. The largest absolute Gasteiger partial charge is 0.424 e. The van der Waals surface area contributed by atoms with Crippen LogP contribution in [0.25, 0.3) is 11.1 Å². The molecule has 0 amide bonds. The minimum Gasteiger partial charge on any atom is -0.424 e. The number of benzene rings is 1. The van der Waals surface area contributed by atoms with Crippen LogP contribution >= 0.6 is 0 Å². The maximum Gasteiger partial charge on any atom is 0.295 e. The zero-order chi connectivity index (χ0) is 11.0. The average Bonchev–Trinajstić information content (AvgIpc) is 2.85. The van der Waals surface area contributed by atoms with Crippen molar-refractivity contribution in [1.82, 2.24) is 4.98 Å². The fourth-order valence-electron chi connectivity index (χ4n) is 2.26. The molecular formula is C12H15N3O. The molecule has 4 heteroatoms. The fourth-order valence-corrected chi connectivity index (χ4v) is 2.26. The van der Waals surface area contributed by atoms with Crippen LogP contribution in [0.2, 0.25) is 0 Å². The van der Waals surface area contributed by atoms with Crippen LogP contribution in [0, 0.1) is 0 Å². The van der Waals surface area contributed by atoms with E-state index in [1.165, 1.54) is 6.42 Å². The summed E-state index contributed by atoms with van der Waals surface area (Å²) in [5, 5.41) is 3.28. The zero-order valence-corrected chi connectivity index (χ0v) is 9.02. The lowest BCUT2D eigenvalue weighted by atomic mass is 10.2. The van der Waals surface area contributed by atoms with Gasteiger partial charge in [0.1, 0.15) is 5.52 Å². The molecule has 2 atom stereocenters. The first kappa shape index (κ1) is 9.66. The topological polar surface area (TPSA) is 64.1 Å². The highest BCUT2D eigenvalue weighted by molar-refractivity contribution is 5.74. The van der Waals surface area contributed by atoms with E-state index < -0.39 is 0 Å². The Labute approximate surface area is 93.8 Å². The van der Waals surface area contributed by atoms with E-state index in [4.69, 9.17) is 10.2 Å². The van der Waals surface area contributed by atoms with Crippen LogP contribution in [0.4, 0.5) is 6.01 Å². The Balaban J connectivity index is 1.83. The van der Waals surface area contributed by atoms with Gasteiger partial charge in [0, 0.05) is 12.1 Å². The van der Waals surface area contributed by atoms with Crippen LogP contribution < -0.4 is 11.1 Å². The second-order valence-corrected chi connectivity index (χ2v) is 4.33.